The quantitative estimate of drug-likeness (QED) is 0.636. The molecule has 3 aliphatic rings. The topological polar surface area (TPSA) is 36.9 Å². The van der Waals surface area contributed by atoms with Gasteiger partial charge in [0.1, 0.15) is 0 Å². The maximum Gasteiger partial charge on any atom is 0.193 e. The molecule has 3 fully saturated rings. The Morgan fingerprint density at radius 2 is 1.95 bits per heavy atom. The Labute approximate surface area is 123 Å². The highest BCUT2D eigenvalue weighted by Crippen LogP contribution is 2.54. The second-order valence-electron chi connectivity index (χ2n) is 6.56. The van der Waals surface area contributed by atoms with Crippen LogP contribution >= 0.6 is 0 Å². The van der Waals surface area contributed by atoms with Crippen LogP contribution in [0.5, 0.6) is 0 Å². The highest BCUT2D eigenvalue weighted by Gasteiger charge is 2.57. The fourth-order valence-electron chi connectivity index (χ4n) is 4.47. The van der Waals surface area contributed by atoms with Crippen molar-refractivity contribution in [3.63, 3.8) is 0 Å². The van der Waals surface area contributed by atoms with Crippen molar-refractivity contribution >= 4 is 5.96 Å². The van der Waals surface area contributed by atoms with Gasteiger partial charge in [-0.25, -0.2) is 0 Å². The Kier molecular flexibility index (Phi) is 4.20. The van der Waals surface area contributed by atoms with Crippen molar-refractivity contribution in [1.29, 1.82) is 0 Å². The van der Waals surface area contributed by atoms with E-state index in [1.54, 1.807) is 0 Å². The van der Waals surface area contributed by atoms with Crippen molar-refractivity contribution < 1.29 is 4.74 Å². The summed E-state index contributed by atoms with van der Waals surface area (Å²) >= 11 is 0. The number of nitrogens with one attached hydrogen (secondary N) is 1. The van der Waals surface area contributed by atoms with E-state index in [1.807, 2.05) is 7.05 Å². The third kappa shape index (κ3) is 2.32. The van der Waals surface area contributed by atoms with Crippen LogP contribution in [0.4, 0.5) is 0 Å². The van der Waals surface area contributed by atoms with Gasteiger partial charge in [0.2, 0.25) is 0 Å². The van der Waals surface area contributed by atoms with Crippen molar-refractivity contribution in [3.8, 4) is 0 Å². The molecule has 0 amide bonds. The van der Waals surface area contributed by atoms with E-state index >= 15 is 0 Å². The monoisotopic (exact) mass is 279 g/mol. The number of guanidine groups is 1. The van der Waals surface area contributed by atoms with Crippen LogP contribution < -0.4 is 5.32 Å². The van der Waals surface area contributed by atoms with Crippen LogP contribution in [0.2, 0.25) is 0 Å². The largest absolute Gasteiger partial charge is 0.378 e. The summed E-state index contributed by atoms with van der Waals surface area (Å²) in [7, 11) is 1.92. The molecule has 0 aromatic carbocycles. The summed E-state index contributed by atoms with van der Waals surface area (Å²) in [4.78, 5) is 6.92. The van der Waals surface area contributed by atoms with Crippen LogP contribution in [0.25, 0.3) is 0 Å². The average Bonchev–Trinajstić information content (AvgIpc) is 3.13. The van der Waals surface area contributed by atoms with Crippen LogP contribution in [0, 0.1) is 5.41 Å². The van der Waals surface area contributed by atoms with Gasteiger partial charge in [-0.05, 0) is 39.0 Å². The third-order valence-corrected chi connectivity index (χ3v) is 5.61. The number of rotatable bonds is 3. The lowest BCUT2D eigenvalue weighted by Gasteiger charge is -2.54. The molecule has 1 N–H and O–H groups in total. The summed E-state index contributed by atoms with van der Waals surface area (Å²) in [6, 6.07) is 0.570. The van der Waals surface area contributed by atoms with E-state index in [9.17, 15) is 0 Å². The molecule has 2 saturated carbocycles. The van der Waals surface area contributed by atoms with Crippen LogP contribution in [-0.2, 0) is 4.74 Å². The second kappa shape index (κ2) is 5.92. The number of ether oxygens (including phenoxy) is 1. The van der Waals surface area contributed by atoms with Gasteiger partial charge in [-0.2, -0.15) is 0 Å². The SMILES string of the molecule is CCOC1CC(NC(=NC)N2CCCC2)C12CCCC2. The highest BCUT2D eigenvalue weighted by molar-refractivity contribution is 5.80. The number of hydrogen-bond donors (Lipinski definition) is 1. The molecular weight excluding hydrogens is 250 g/mol. The summed E-state index contributed by atoms with van der Waals surface area (Å²) in [5, 5.41) is 3.76. The third-order valence-electron chi connectivity index (χ3n) is 5.61. The van der Waals surface area contributed by atoms with E-state index in [1.165, 1.54) is 38.5 Å². The molecule has 2 atom stereocenters. The van der Waals surface area contributed by atoms with E-state index in [-0.39, 0.29) is 0 Å². The average molecular weight is 279 g/mol. The first-order valence-electron chi connectivity index (χ1n) is 8.40. The maximum absolute atomic E-state index is 5.99. The molecule has 3 rings (SSSR count). The second-order valence-corrected chi connectivity index (χ2v) is 6.56. The molecule has 1 spiro atoms. The smallest absolute Gasteiger partial charge is 0.193 e. The lowest BCUT2D eigenvalue weighted by molar-refractivity contribution is -0.126. The minimum absolute atomic E-state index is 0.395. The van der Waals surface area contributed by atoms with Gasteiger partial charge >= 0.3 is 0 Å². The summed E-state index contributed by atoms with van der Waals surface area (Å²) < 4.78 is 5.99. The predicted molar refractivity (Wildman–Crippen MR) is 82.0 cm³/mol. The van der Waals surface area contributed by atoms with E-state index in [4.69, 9.17) is 4.74 Å². The number of aliphatic imine (C=N–C) groups is 1. The first-order valence-corrected chi connectivity index (χ1v) is 8.40. The van der Waals surface area contributed by atoms with Crippen molar-refractivity contribution in [2.75, 3.05) is 26.7 Å². The molecule has 0 aromatic heterocycles. The molecule has 1 aliphatic heterocycles. The van der Waals surface area contributed by atoms with Gasteiger partial charge in [-0.15, -0.1) is 0 Å². The lowest BCUT2D eigenvalue weighted by atomic mass is 9.60. The molecular formula is C16H29N3O. The van der Waals surface area contributed by atoms with Crippen LogP contribution in [0.1, 0.15) is 51.9 Å². The van der Waals surface area contributed by atoms with Gasteiger partial charge < -0.3 is 15.0 Å². The molecule has 2 aliphatic carbocycles. The minimum Gasteiger partial charge on any atom is -0.378 e. The standard InChI is InChI=1S/C16H29N3O/c1-3-20-14-12-13(16(14)8-4-5-9-16)18-15(17-2)19-10-6-7-11-19/h13-14H,3-12H2,1-2H3,(H,17,18). The molecule has 2 unspecified atom stereocenters. The molecule has 20 heavy (non-hydrogen) atoms. The summed E-state index contributed by atoms with van der Waals surface area (Å²) in [5.74, 6) is 1.12. The Hall–Kier alpha value is -0.770. The Morgan fingerprint density at radius 1 is 1.25 bits per heavy atom. The van der Waals surface area contributed by atoms with Gasteiger partial charge in [0.05, 0.1) is 6.10 Å². The minimum atomic E-state index is 0.395. The Morgan fingerprint density at radius 3 is 2.55 bits per heavy atom. The first-order chi connectivity index (χ1) is 9.80. The maximum atomic E-state index is 5.99. The number of hydrogen-bond acceptors (Lipinski definition) is 2. The van der Waals surface area contributed by atoms with Gasteiger partial charge in [0.15, 0.2) is 5.96 Å². The zero-order valence-electron chi connectivity index (χ0n) is 13.0. The van der Waals surface area contributed by atoms with Gasteiger partial charge in [0.25, 0.3) is 0 Å². The van der Waals surface area contributed by atoms with Crippen molar-refractivity contribution in [3.05, 3.63) is 0 Å². The predicted octanol–water partition coefficient (Wildman–Crippen LogP) is 2.40. The first kappa shape index (κ1) is 14.2. The van der Waals surface area contributed by atoms with E-state index < -0.39 is 0 Å². The normalized spacial score (nSPS) is 32.7. The fourth-order valence-corrected chi connectivity index (χ4v) is 4.47. The van der Waals surface area contributed by atoms with Crippen LogP contribution in [0.15, 0.2) is 4.99 Å². The van der Waals surface area contributed by atoms with Crippen molar-refractivity contribution in [1.82, 2.24) is 10.2 Å². The van der Waals surface area contributed by atoms with Crippen molar-refractivity contribution in [2.45, 2.75) is 64.0 Å². The highest BCUT2D eigenvalue weighted by atomic mass is 16.5. The van der Waals surface area contributed by atoms with Crippen LogP contribution in [-0.4, -0.2) is 49.7 Å². The van der Waals surface area contributed by atoms with E-state index in [0.29, 0.717) is 17.6 Å². The van der Waals surface area contributed by atoms with Gasteiger partial charge in [0, 0.05) is 38.2 Å². The molecule has 114 valence electrons. The van der Waals surface area contributed by atoms with Gasteiger partial charge in [-0.1, -0.05) is 12.8 Å². The zero-order valence-corrected chi connectivity index (χ0v) is 13.0. The summed E-state index contributed by atoms with van der Waals surface area (Å²) in [6.07, 6.45) is 9.62. The van der Waals surface area contributed by atoms with Crippen molar-refractivity contribution in [2.24, 2.45) is 10.4 Å². The molecule has 1 saturated heterocycles. The Bertz CT molecular complexity index is 357. The van der Waals surface area contributed by atoms with E-state index in [2.05, 4.69) is 22.1 Å². The lowest BCUT2D eigenvalue weighted by Crippen LogP contribution is -2.65. The molecule has 0 aromatic rings. The summed E-state index contributed by atoms with van der Waals surface area (Å²) in [5.41, 5.74) is 0.395. The summed E-state index contributed by atoms with van der Waals surface area (Å²) in [6.45, 7) is 5.29. The number of likely N-dealkylation sites (tertiary alicyclic amines) is 1. The molecule has 0 bridgehead atoms. The van der Waals surface area contributed by atoms with Crippen LogP contribution in [0.3, 0.4) is 0 Å². The number of nitrogens with zero attached hydrogens (tertiary/aromatic N) is 2. The molecule has 4 nitrogen and oxygen atoms in total. The van der Waals surface area contributed by atoms with E-state index in [0.717, 1.165) is 32.1 Å². The molecule has 1 heterocycles. The Balaban J connectivity index is 1.65. The van der Waals surface area contributed by atoms with Gasteiger partial charge in [-0.3, -0.25) is 4.99 Å². The molecule has 0 radical (unpaired) electrons. The zero-order chi connectivity index (χ0) is 14.0. The fraction of sp³-hybridized carbons (Fsp3) is 0.938. The molecule has 4 heteroatoms.